The van der Waals surface area contributed by atoms with Crippen molar-refractivity contribution in [3.63, 3.8) is 0 Å². The Bertz CT molecular complexity index is 1150. The van der Waals surface area contributed by atoms with Gasteiger partial charge in [0.25, 0.3) is 0 Å². The number of carbonyl (C=O) groups excluding carboxylic acids is 1. The fourth-order valence-electron chi connectivity index (χ4n) is 2.77. The molecule has 0 spiro atoms. The van der Waals surface area contributed by atoms with Gasteiger partial charge in [-0.1, -0.05) is 24.3 Å². The highest BCUT2D eigenvalue weighted by molar-refractivity contribution is 6.11. The SMILES string of the molecule is O=C(c1c[nH]c(-c2coc3ccccc3c2=O)c1)c1ccccc1O. The number of aromatic nitrogens is 1. The highest BCUT2D eigenvalue weighted by Crippen LogP contribution is 2.23. The molecule has 0 radical (unpaired) electrons. The molecule has 0 aliphatic carbocycles. The van der Waals surface area contributed by atoms with E-state index in [0.717, 1.165) is 0 Å². The molecule has 0 bridgehead atoms. The van der Waals surface area contributed by atoms with Crippen LogP contribution in [0.4, 0.5) is 0 Å². The fraction of sp³-hybridized carbons (Fsp3) is 0. The molecule has 0 fully saturated rings. The van der Waals surface area contributed by atoms with Crippen LogP contribution < -0.4 is 5.43 Å². The topological polar surface area (TPSA) is 83.3 Å². The first-order chi connectivity index (χ1) is 12.1. The van der Waals surface area contributed by atoms with Gasteiger partial charge in [-0.2, -0.15) is 0 Å². The minimum absolute atomic E-state index is 0.0829. The van der Waals surface area contributed by atoms with E-state index in [2.05, 4.69) is 4.98 Å². The van der Waals surface area contributed by atoms with Gasteiger partial charge in [0.1, 0.15) is 17.6 Å². The van der Waals surface area contributed by atoms with E-state index in [1.807, 2.05) is 0 Å². The number of aromatic amines is 1. The van der Waals surface area contributed by atoms with Gasteiger partial charge in [-0.25, -0.2) is 0 Å². The quantitative estimate of drug-likeness (QED) is 0.560. The number of ketones is 1. The van der Waals surface area contributed by atoms with Gasteiger partial charge in [0.15, 0.2) is 5.78 Å². The molecule has 4 rings (SSSR count). The first-order valence-corrected chi connectivity index (χ1v) is 7.67. The zero-order valence-corrected chi connectivity index (χ0v) is 13.0. The zero-order valence-electron chi connectivity index (χ0n) is 13.0. The van der Waals surface area contributed by atoms with Gasteiger partial charge in [-0.05, 0) is 30.3 Å². The van der Waals surface area contributed by atoms with E-state index in [1.165, 1.54) is 18.5 Å². The van der Waals surface area contributed by atoms with Gasteiger partial charge in [0, 0.05) is 11.8 Å². The molecule has 4 aromatic rings. The monoisotopic (exact) mass is 331 g/mol. The van der Waals surface area contributed by atoms with Crippen LogP contribution in [-0.2, 0) is 0 Å². The molecular weight excluding hydrogens is 318 g/mol. The lowest BCUT2D eigenvalue weighted by Crippen LogP contribution is -2.04. The summed E-state index contributed by atoms with van der Waals surface area (Å²) in [6, 6.07) is 14.9. The maximum Gasteiger partial charge on any atom is 0.201 e. The number of hydrogen-bond donors (Lipinski definition) is 2. The summed E-state index contributed by atoms with van der Waals surface area (Å²) in [5, 5.41) is 10.3. The maximum atomic E-state index is 12.6. The van der Waals surface area contributed by atoms with Crippen LogP contribution in [0.5, 0.6) is 5.75 Å². The number of nitrogens with one attached hydrogen (secondary N) is 1. The van der Waals surface area contributed by atoms with Crippen LogP contribution >= 0.6 is 0 Å². The van der Waals surface area contributed by atoms with Crippen LogP contribution in [0.2, 0.25) is 0 Å². The molecule has 25 heavy (non-hydrogen) atoms. The Morgan fingerprint density at radius 3 is 2.64 bits per heavy atom. The molecule has 122 valence electrons. The first kappa shape index (κ1) is 15.0. The Balaban J connectivity index is 1.78. The summed E-state index contributed by atoms with van der Waals surface area (Å²) in [5.41, 5.74) is 1.72. The van der Waals surface area contributed by atoms with Crippen molar-refractivity contribution in [3.05, 3.63) is 88.4 Å². The molecule has 0 aliphatic heterocycles. The van der Waals surface area contributed by atoms with Crippen molar-refractivity contribution >= 4 is 16.8 Å². The number of para-hydroxylation sites is 2. The van der Waals surface area contributed by atoms with Crippen LogP contribution in [0.3, 0.4) is 0 Å². The zero-order chi connectivity index (χ0) is 17.4. The lowest BCUT2D eigenvalue weighted by Gasteiger charge is -2.01. The van der Waals surface area contributed by atoms with Crippen LogP contribution in [0.15, 0.2) is 76.3 Å². The van der Waals surface area contributed by atoms with Crippen molar-refractivity contribution in [2.45, 2.75) is 0 Å². The number of benzene rings is 2. The average molecular weight is 331 g/mol. The lowest BCUT2D eigenvalue weighted by atomic mass is 10.0. The van der Waals surface area contributed by atoms with Crippen LogP contribution in [0, 0.1) is 0 Å². The van der Waals surface area contributed by atoms with E-state index in [4.69, 9.17) is 4.42 Å². The normalized spacial score (nSPS) is 10.9. The minimum Gasteiger partial charge on any atom is -0.507 e. The summed E-state index contributed by atoms with van der Waals surface area (Å²) in [7, 11) is 0. The average Bonchev–Trinajstić information content (AvgIpc) is 3.12. The van der Waals surface area contributed by atoms with Crippen molar-refractivity contribution in [2.24, 2.45) is 0 Å². The van der Waals surface area contributed by atoms with E-state index in [1.54, 1.807) is 48.5 Å². The van der Waals surface area contributed by atoms with Crippen LogP contribution in [0.1, 0.15) is 15.9 Å². The molecule has 0 saturated carbocycles. The molecule has 0 aliphatic rings. The standard InChI is InChI=1S/C20H13NO4/c22-17-7-3-1-5-13(17)19(23)12-9-16(21-10-12)15-11-25-18-8-4-2-6-14(18)20(15)24/h1-11,21-22H. The number of fused-ring (bicyclic) bond motifs is 1. The summed E-state index contributed by atoms with van der Waals surface area (Å²) in [6.07, 6.45) is 2.89. The lowest BCUT2D eigenvalue weighted by molar-refractivity contribution is 0.103. The number of H-pyrrole nitrogens is 1. The number of rotatable bonds is 3. The highest BCUT2D eigenvalue weighted by Gasteiger charge is 2.17. The number of phenolic OH excluding ortho intramolecular Hbond substituents is 1. The van der Waals surface area contributed by atoms with Gasteiger partial charge in [-0.3, -0.25) is 9.59 Å². The Kier molecular flexibility index (Phi) is 3.47. The van der Waals surface area contributed by atoms with E-state index < -0.39 is 0 Å². The predicted octanol–water partition coefficient (Wildman–Crippen LogP) is 3.72. The third kappa shape index (κ3) is 2.52. The second-order valence-electron chi connectivity index (χ2n) is 5.62. The van der Waals surface area contributed by atoms with E-state index >= 15 is 0 Å². The molecule has 2 aromatic carbocycles. The van der Waals surface area contributed by atoms with Gasteiger partial charge >= 0.3 is 0 Å². The second-order valence-corrected chi connectivity index (χ2v) is 5.62. The number of aromatic hydroxyl groups is 1. The van der Waals surface area contributed by atoms with Gasteiger partial charge in [0.2, 0.25) is 5.43 Å². The molecule has 0 saturated heterocycles. The number of hydrogen-bond acceptors (Lipinski definition) is 4. The molecule has 0 unspecified atom stereocenters. The molecule has 2 heterocycles. The van der Waals surface area contributed by atoms with E-state index in [9.17, 15) is 14.7 Å². The van der Waals surface area contributed by atoms with Crippen molar-refractivity contribution < 1.29 is 14.3 Å². The third-order valence-electron chi connectivity index (χ3n) is 4.06. The van der Waals surface area contributed by atoms with Gasteiger partial charge < -0.3 is 14.5 Å². The minimum atomic E-state index is -0.328. The molecular formula is C20H13NO4. The van der Waals surface area contributed by atoms with Gasteiger partial charge in [0.05, 0.1) is 22.2 Å². The fourth-order valence-corrected chi connectivity index (χ4v) is 2.77. The number of phenols is 1. The van der Waals surface area contributed by atoms with Crippen molar-refractivity contribution in [1.29, 1.82) is 0 Å². The van der Waals surface area contributed by atoms with Crippen LogP contribution in [-0.4, -0.2) is 15.9 Å². The Morgan fingerprint density at radius 2 is 1.80 bits per heavy atom. The maximum absolute atomic E-state index is 12.6. The van der Waals surface area contributed by atoms with E-state index in [-0.39, 0.29) is 22.5 Å². The summed E-state index contributed by atoms with van der Waals surface area (Å²) in [5.74, 6) is -0.411. The second kappa shape index (κ2) is 5.79. The summed E-state index contributed by atoms with van der Waals surface area (Å²) in [6.45, 7) is 0. The molecule has 5 nitrogen and oxygen atoms in total. The largest absolute Gasteiger partial charge is 0.507 e. The van der Waals surface area contributed by atoms with Crippen molar-refractivity contribution in [2.75, 3.05) is 0 Å². The summed E-state index contributed by atoms with van der Waals surface area (Å²) >= 11 is 0. The smallest absolute Gasteiger partial charge is 0.201 e. The number of carbonyl (C=O) groups is 1. The Hall–Kier alpha value is -3.60. The molecule has 2 aromatic heterocycles. The summed E-state index contributed by atoms with van der Waals surface area (Å²) in [4.78, 5) is 28.1. The third-order valence-corrected chi connectivity index (χ3v) is 4.06. The molecule has 0 amide bonds. The van der Waals surface area contributed by atoms with Crippen molar-refractivity contribution in [3.8, 4) is 17.0 Å². The molecule has 5 heteroatoms. The Labute approximate surface area is 142 Å². The predicted molar refractivity (Wildman–Crippen MR) is 93.8 cm³/mol. The van der Waals surface area contributed by atoms with Gasteiger partial charge in [-0.15, -0.1) is 0 Å². The molecule has 0 atom stereocenters. The van der Waals surface area contributed by atoms with Crippen LogP contribution in [0.25, 0.3) is 22.2 Å². The first-order valence-electron chi connectivity index (χ1n) is 7.67. The molecule has 2 N–H and O–H groups in total. The highest BCUT2D eigenvalue weighted by atomic mass is 16.3. The Morgan fingerprint density at radius 1 is 1.04 bits per heavy atom. The van der Waals surface area contributed by atoms with E-state index in [0.29, 0.717) is 27.8 Å². The van der Waals surface area contributed by atoms with Crippen molar-refractivity contribution in [1.82, 2.24) is 4.98 Å². The summed E-state index contributed by atoms with van der Waals surface area (Å²) < 4.78 is 5.51.